The first-order valence-electron chi connectivity index (χ1n) is 6.38. The molecule has 1 fully saturated rings. The Balaban J connectivity index is 2.39. The molecular weight excluding hydrogens is 200 g/mol. The van der Waals surface area contributed by atoms with Crippen LogP contribution in [0.5, 0.6) is 0 Å². The maximum Gasteiger partial charge on any atom is 0.237 e. The van der Waals surface area contributed by atoms with Crippen molar-refractivity contribution in [3.05, 3.63) is 12.7 Å². The fourth-order valence-electron chi connectivity index (χ4n) is 2.15. The quantitative estimate of drug-likeness (QED) is 0.740. The molecule has 16 heavy (non-hydrogen) atoms. The summed E-state index contributed by atoms with van der Waals surface area (Å²) in [5, 5.41) is 2.87. The molecule has 1 rings (SSSR count). The maximum atomic E-state index is 11.8. The largest absolute Gasteiger partial charge is 0.351 e. The van der Waals surface area contributed by atoms with Crippen molar-refractivity contribution in [2.45, 2.75) is 45.1 Å². The van der Waals surface area contributed by atoms with Crippen LogP contribution in [0.2, 0.25) is 0 Å². The molecule has 1 atom stereocenters. The van der Waals surface area contributed by atoms with E-state index in [1.807, 2.05) is 6.92 Å². The SMILES string of the molecule is C=CCNC(=O)C(C)N1CCCCCCC1. The molecular formula is C13H24N2O. The minimum Gasteiger partial charge on any atom is -0.351 e. The van der Waals surface area contributed by atoms with Crippen LogP contribution in [0.25, 0.3) is 0 Å². The minimum atomic E-state index is -0.00181. The molecule has 0 saturated carbocycles. The fraction of sp³-hybridized carbons (Fsp3) is 0.769. The third-order valence-corrected chi connectivity index (χ3v) is 3.24. The van der Waals surface area contributed by atoms with Gasteiger partial charge in [0.05, 0.1) is 6.04 Å². The van der Waals surface area contributed by atoms with Gasteiger partial charge >= 0.3 is 0 Å². The number of nitrogens with one attached hydrogen (secondary N) is 1. The second kappa shape index (κ2) is 7.44. The Kier molecular flexibility index (Phi) is 6.16. The summed E-state index contributed by atoms with van der Waals surface area (Å²) in [6.07, 6.45) is 8.12. The lowest BCUT2D eigenvalue weighted by atomic mass is 10.1. The van der Waals surface area contributed by atoms with Crippen LogP contribution >= 0.6 is 0 Å². The molecule has 0 bridgehead atoms. The summed E-state index contributed by atoms with van der Waals surface area (Å²) in [4.78, 5) is 14.1. The topological polar surface area (TPSA) is 32.3 Å². The summed E-state index contributed by atoms with van der Waals surface area (Å²) < 4.78 is 0. The van der Waals surface area contributed by atoms with Gasteiger partial charge in [-0.1, -0.05) is 25.3 Å². The van der Waals surface area contributed by atoms with Crippen LogP contribution in [0.4, 0.5) is 0 Å². The highest BCUT2D eigenvalue weighted by Crippen LogP contribution is 2.12. The highest BCUT2D eigenvalue weighted by molar-refractivity contribution is 5.81. The first-order valence-corrected chi connectivity index (χ1v) is 6.38. The number of carbonyl (C=O) groups is 1. The molecule has 92 valence electrons. The third-order valence-electron chi connectivity index (χ3n) is 3.24. The average Bonchev–Trinajstić information content (AvgIpc) is 2.24. The Morgan fingerprint density at radius 1 is 1.31 bits per heavy atom. The van der Waals surface area contributed by atoms with Gasteiger partial charge in [0.15, 0.2) is 0 Å². The van der Waals surface area contributed by atoms with E-state index in [9.17, 15) is 4.79 Å². The molecule has 1 saturated heterocycles. The van der Waals surface area contributed by atoms with E-state index >= 15 is 0 Å². The van der Waals surface area contributed by atoms with E-state index in [2.05, 4.69) is 16.8 Å². The van der Waals surface area contributed by atoms with Crippen LogP contribution in [0.3, 0.4) is 0 Å². The second-order valence-corrected chi connectivity index (χ2v) is 4.51. The lowest BCUT2D eigenvalue weighted by molar-refractivity contribution is -0.125. The minimum absolute atomic E-state index is 0.00181. The molecule has 1 N–H and O–H groups in total. The number of hydrogen-bond donors (Lipinski definition) is 1. The number of likely N-dealkylation sites (tertiary alicyclic amines) is 1. The van der Waals surface area contributed by atoms with Crippen molar-refractivity contribution in [2.75, 3.05) is 19.6 Å². The molecule has 0 radical (unpaired) electrons. The zero-order valence-electron chi connectivity index (χ0n) is 10.4. The van der Waals surface area contributed by atoms with Gasteiger partial charge in [0.2, 0.25) is 5.91 Å². The summed E-state index contributed by atoms with van der Waals surface area (Å²) in [5.41, 5.74) is 0. The normalized spacial score (nSPS) is 20.6. The Morgan fingerprint density at radius 3 is 2.44 bits per heavy atom. The van der Waals surface area contributed by atoms with Crippen molar-refractivity contribution < 1.29 is 4.79 Å². The fourth-order valence-corrected chi connectivity index (χ4v) is 2.15. The number of rotatable bonds is 4. The van der Waals surface area contributed by atoms with E-state index in [4.69, 9.17) is 0 Å². The van der Waals surface area contributed by atoms with Crippen molar-refractivity contribution in [2.24, 2.45) is 0 Å². The van der Waals surface area contributed by atoms with Crippen LogP contribution in [0.15, 0.2) is 12.7 Å². The monoisotopic (exact) mass is 224 g/mol. The van der Waals surface area contributed by atoms with E-state index in [-0.39, 0.29) is 11.9 Å². The van der Waals surface area contributed by atoms with E-state index in [0.717, 1.165) is 13.1 Å². The molecule has 0 aromatic rings. The van der Waals surface area contributed by atoms with Gasteiger partial charge in [0.25, 0.3) is 0 Å². The molecule has 1 amide bonds. The van der Waals surface area contributed by atoms with Gasteiger partial charge in [0.1, 0.15) is 0 Å². The Morgan fingerprint density at radius 2 is 1.88 bits per heavy atom. The smallest absolute Gasteiger partial charge is 0.237 e. The van der Waals surface area contributed by atoms with Gasteiger partial charge in [0, 0.05) is 6.54 Å². The Labute approximate surface area is 98.9 Å². The third kappa shape index (κ3) is 4.35. The predicted molar refractivity (Wildman–Crippen MR) is 67.3 cm³/mol. The van der Waals surface area contributed by atoms with Crippen LogP contribution in [-0.2, 0) is 4.79 Å². The zero-order chi connectivity index (χ0) is 11.8. The molecule has 0 aromatic carbocycles. The van der Waals surface area contributed by atoms with Gasteiger partial charge in [-0.3, -0.25) is 9.69 Å². The van der Waals surface area contributed by atoms with Crippen molar-refractivity contribution in [1.29, 1.82) is 0 Å². The van der Waals surface area contributed by atoms with Crippen molar-refractivity contribution in [3.63, 3.8) is 0 Å². The van der Waals surface area contributed by atoms with E-state index in [1.54, 1.807) is 6.08 Å². The van der Waals surface area contributed by atoms with Gasteiger partial charge in [-0.05, 0) is 32.9 Å². The van der Waals surface area contributed by atoms with Crippen LogP contribution < -0.4 is 5.32 Å². The molecule has 0 aromatic heterocycles. The first kappa shape index (κ1) is 13.2. The van der Waals surface area contributed by atoms with Crippen molar-refractivity contribution in [1.82, 2.24) is 10.2 Å². The zero-order valence-corrected chi connectivity index (χ0v) is 10.4. The number of carbonyl (C=O) groups excluding carboxylic acids is 1. The highest BCUT2D eigenvalue weighted by atomic mass is 16.2. The second-order valence-electron chi connectivity index (χ2n) is 4.51. The summed E-state index contributed by atoms with van der Waals surface area (Å²) in [6.45, 7) is 8.29. The van der Waals surface area contributed by atoms with Gasteiger partial charge in [-0.25, -0.2) is 0 Å². The van der Waals surface area contributed by atoms with Crippen LogP contribution in [0.1, 0.15) is 39.0 Å². The summed E-state index contributed by atoms with van der Waals surface area (Å²) in [6, 6.07) is -0.00181. The maximum absolute atomic E-state index is 11.8. The van der Waals surface area contributed by atoms with Crippen LogP contribution in [-0.4, -0.2) is 36.5 Å². The summed E-state index contributed by atoms with van der Waals surface area (Å²) in [5.74, 6) is 0.125. The first-order chi connectivity index (χ1) is 7.75. The lowest BCUT2D eigenvalue weighted by Gasteiger charge is -2.29. The lowest BCUT2D eigenvalue weighted by Crippen LogP contribution is -2.46. The number of amides is 1. The number of nitrogens with zero attached hydrogens (tertiary/aromatic N) is 1. The molecule has 1 aliphatic heterocycles. The average molecular weight is 224 g/mol. The molecule has 0 aliphatic carbocycles. The summed E-state index contributed by atoms with van der Waals surface area (Å²) >= 11 is 0. The van der Waals surface area contributed by atoms with Crippen molar-refractivity contribution in [3.8, 4) is 0 Å². The number of hydrogen-bond acceptors (Lipinski definition) is 2. The van der Waals surface area contributed by atoms with Crippen LogP contribution in [0, 0.1) is 0 Å². The predicted octanol–water partition coefficient (Wildman–Crippen LogP) is 1.94. The van der Waals surface area contributed by atoms with Gasteiger partial charge in [-0.2, -0.15) is 0 Å². The standard InChI is InChI=1S/C13H24N2O/c1-3-9-14-13(16)12(2)15-10-7-5-4-6-8-11-15/h3,12H,1,4-11H2,2H3,(H,14,16). The Bertz CT molecular complexity index is 220. The molecule has 1 heterocycles. The molecule has 3 heteroatoms. The highest BCUT2D eigenvalue weighted by Gasteiger charge is 2.20. The molecule has 1 aliphatic rings. The van der Waals surface area contributed by atoms with Gasteiger partial charge in [-0.15, -0.1) is 6.58 Å². The van der Waals surface area contributed by atoms with Gasteiger partial charge < -0.3 is 5.32 Å². The molecule has 1 unspecified atom stereocenters. The van der Waals surface area contributed by atoms with E-state index in [1.165, 1.54) is 32.1 Å². The molecule has 0 spiro atoms. The van der Waals surface area contributed by atoms with Crippen molar-refractivity contribution >= 4 is 5.91 Å². The van der Waals surface area contributed by atoms with E-state index < -0.39 is 0 Å². The Hall–Kier alpha value is -0.830. The molecule has 3 nitrogen and oxygen atoms in total. The van der Waals surface area contributed by atoms with E-state index in [0.29, 0.717) is 6.54 Å². The summed E-state index contributed by atoms with van der Waals surface area (Å²) in [7, 11) is 0.